The number of nitrogens with zero attached hydrogens (tertiary/aromatic N) is 1. The maximum absolute atomic E-state index is 11.1. The summed E-state index contributed by atoms with van der Waals surface area (Å²) in [5, 5.41) is 10.5. The molecule has 0 heterocycles. The third-order valence-corrected chi connectivity index (χ3v) is 1.42. The number of hydrogen-bond donors (Lipinski definition) is 0. The second-order valence-electron chi connectivity index (χ2n) is 4.08. The van der Waals surface area contributed by atoms with Crippen LogP contribution in [0.3, 0.4) is 0 Å². The topological polar surface area (TPSA) is 66.4 Å². The maximum Gasteiger partial charge on any atom is 0.303 e. The summed E-state index contributed by atoms with van der Waals surface area (Å²) < 4.78 is 25.5. The van der Waals surface area contributed by atoms with Crippen molar-refractivity contribution in [1.29, 1.82) is 0 Å². The van der Waals surface area contributed by atoms with E-state index in [9.17, 15) is 14.7 Å². The fraction of sp³-hybridized carbons (Fsp3) is 0.778. The molecule has 0 N–H and O–H groups in total. The number of carboxylic acid groups (broad SMARTS) is 1. The summed E-state index contributed by atoms with van der Waals surface area (Å²) in [7, 11) is 5.31. The smallest absolute Gasteiger partial charge is 0.303 e. The number of halogens is 1. The van der Waals surface area contributed by atoms with Gasteiger partial charge < -0.3 is 19.1 Å². The molecule has 0 spiro atoms. The van der Waals surface area contributed by atoms with Crippen LogP contribution < -0.4 is 5.11 Å². The molecule has 0 amide bonds. The van der Waals surface area contributed by atoms with Crippen molar-refractivity contribution in [3.05, 3.63) is 0 Å². The van der Waals surface area contributed by atoms with Gasteiger partial charge in [-0.3, -0.25) is 4.79 Å². The van der Waals surface area contributed by atoms with Gasteiger partial charge in [0, 0.05) is 23.4 Å². The van der Waals surface area contributed by atoms with Crippen LogP contribution in [0.15, 0.2) is 0 Å². The number of carbonyl (C=O) groups is 2. The highest BCUT2D eigenvalue weighted by Crippen LogP contribution is 2.04. The Balaban J connectivity index is 0. The van der Waals surface area contributed by atoms with Gasteiger partial charge in [-0.2, -0.15) is 0 Å². The average Bonchev–Trinajstić information content (AvgIpc) is 1.96. The van der Waals surface area contributed by atoms with Crippen LogP contribution >= 0.6 is 12.4 Å². The van der Waals surface area contributed by atoms with Gasteiger partial charge in [-0.05, 0) is 0 Å². The second-order valence-corrected chi connectivity index (χ2v) is 4.08. The van der Waals surface area contributed by atoms with Crippen LogP contribution in [-0.4, -0.2) is 50.2 Å². The minimum absolute atomic E-state index is 0. The van der Waals surface area contributed by atoms with Gasteiger partial charge in [0.25, 0.3) is 0 Å². The molecule has 0 aromatic rings. The molecule has 0 radical (unpaired) electrons. The van der Waals surface area contributed by atoms with Crippen molar-refractivity contribution in [3.8, 4) is 0 Å². The van der Waals surface area contributed by atoms with E-state index in [2.05, 4.69) is 4.74 Å². The number of esters is 1. The molecule has 1 atom stereocenters. The summed E-state index contributed by atoms with van der Waals surface area (Å²) in [6.45, 7) is -2.69. The third kappa shape index (κ3) is 11.1. The molecule has 5 nitrogen and oxygen atoms in total. The van der Waals surface area contributed by atoms with Crippen molar-refractivity contribution in [1.82, 2.24) is 0 Å². The molecule has 90 valence electrons. The molecule has 0 rings (SSSR count). The van der Waals surface area contributed by atoms with E-state index in [1.807, 2.05) is 0 Å². The minimum Gasteiger partial charge on any atom is -0.550 e. The van der Waals surface area contributed by atoms with Crippen LogP contribution in [0.4, 0.5) is 0 Å². The molecule has 0 aliphatic rings. The number of carbonyl (C=O) groups excluding carboxylic acids is 2. The first-order chi connectivity index (χ1) is 7.42. The highest BCUT2D eigenvalue weighted by Gasteiger charge is 2.20. The van der Waals surface area contributed by atoms with Crippen LogP contribution in [0.5, 0.6) is 0 Å². The zero-order chi connectivity index (χ0) is 13.9. The summed E-state index contributed by atoms with van der Waals surface area (Å²) in [6, 6.07) is 0. The van der Waals surface area contributed by atoms with Crippen LogP contribution in [0.1, 0.15) is 17.4 Å². The zero-order valence-corrected chi connectivity index (χ0v) is 9.80. The fourth-order valence-electron chi connectivity index (χ4n) is 1.09. The Morgan fingerprint density at radius 2 is 2.00 bits per heavy atom. The molecule has 0 saturated heterocycles. The summed E-state index contributed by atoms with van der Waals surface area (Å²) in [4.78, 5) is 21.6. The molecule has 1 unspecified atom stereocenters. The van der Waals surface area contributed by atoms with Gasteiger partial charge in [-0.1, -0.05) is 0 Å². The molecule has 0 aliphatic heterocycles. The minimum atomic E-state index is -2.88. The van der Waals surface area contributed by atoms with Gasteiger partial charge in [0.15, 0.2) is 6.10 Å². The Morgan fingerprint density at radius 1 is 1.47 bits per heavy atom. The lowest BCUT2D eigenvalue weighted by atomic mass is 10.2. The number of ether oxygens (including phenoxy) is 1. The standard InChI is InChI=1S/C9H17NO4.ClH/c1-7(11)14-8(5-9(12)13)6-10(2,3)4;/h8H,5-6H2,1-4H3;1H/i1D3;. The van der Waals surface area contributed by atoms with Crippen molar-refractivity contribution in [2.24, 2.45) is 0 Å². The molecule has 0 aromatic heterocycles. The molecule has 6 heteroatoms. The van der Waals surface area contributed by atoms with E-state index >= 15 is 0 Å². The van der Waals surface area contributed by atoms with E-state index in [0.29, 0.717) is 4.48 Å². The second kappa shape index (κ2) is 6.63. The summed E-state index contributed by atoms with van der Waals surface area (Å²) >= 11 is 0. The largest absolute Gasteiger partial charge is 0.550 e. The van der Waals surface area contributed by atoms with Crippen LogP contribution in [0.2, 0.25) is 0 Å². The van der Waals surface area contributed by atoms with E-state index in [1.54, 1.807) is 21.1 Å². The number of hydrogen-bond acceptors (Lipinski definition) is 4. The van der Waals surface area contributed by atoms with Gasteiger partial charge in [0.2, 0.25) is 0 Å². The van der Waals surface area contributed by atoms with Crippen molar-refractivity contribution < 1.29 is 28.0 Å². The summed E-state index contributed by atoms with van der Waals surface area (Å²) in [5.74, 6) is -2.78. The Bertz CT molecular complexity index is 301. The predicted molar refractivity (Wildman–Crippen MR) is 55.3 cm³/mol. The first-order valence-electron chi connectivity index (χ1n) is 5.63. The van der Waals surface area contributed by atoms with Gasteiger partial charge in [0.1, 0.15) is 6.54 Å². The van der Waals surface area contributed by atoms with Gasteiger partial charge in [0.05, 0.1) is 21.1 Å². The van der Waals surface area contributed by atoms with Crippen molar-refractivity contribution in [3.63, 3.8) is 0 Å². The Morgan fingerprint density at radius 3 is 2.33 bits per heavy atom. The summed E-state index contributed by atoms with van der Waals surface area (Å²) in [6.07, 6.45) is -1.52. The molecular formula is C9H18ClNO4. The van der Waals surface area contributed by atoms with Crippen LogP contribution in [0.25, 0.3) is 0 Å². The van der Waals surface area contributed by atoms with E-state index in [1.165, 1.54) is 0 Å². The van der Waals surface area contributed by atoms with E-state index in [0.717, 1.165) is 0 Å². The predicted octanol–water partition coefficient (Wildman–Crippen LogP) is -0.814. The lowest BCUT2D eigenvalue weighted by Gasteiger charge is -2.28. The van der Waals surface area contributed by atoms with E-state index in [-0.39, 0.29) is 19.0 Å². The monoisotopic (exact) mass is 242 g/mol. The number of carboxylic acids is 1. The van der Waals surface area contributed by atoms with Gasteiger partial charge in [-0.15, -0.1) is 12.4 Å². The number of quaternary nitrogens is 1. The molecular weight excluding hydrogens is 222 g/mol. The van der Waals surface area contributed by atoms with E-state index in [4.69, 9.17) is 4.11 Å². The number of rotatable bonds is 5. The molecule has 0 aliphatic carbocycles. The summed E-state index contributed by atoms with van der Waals surface area (Å²) in [5.41, 5.74) is 0. The van der Waals surface area contributed by atoms with Crippen molar-refractivity contribution >= 4 is 24.3 Å². The highest BCUT2D eigenvalue weighted by molar-refractivity contribution is 5.85. The quantitative estimate of drug-likeness (QED) is 0.467. The molecule has 15 heavy (non-hydrogen) atoms. The SMILES string of the molecule is Cl.[2H]C([2H])([2H])C(=O)OC(CC(=O)[O-])C[N+](C)(C)C. The lowest BCUT2D eigenvalue weighted by Crippen LogP contribution is -2.45. The van der Waals surface area contributed by atoms with Gasteiger partial charge in [-0.25, -0.2) is 0 Å². The van der Waals surface area contributed by atoms with Gasteiger partial charge >= 0.3 is 5.97 Å². The zero-order valence-electron chi connectivity index (χ0n) is 12.0. The fourth-order valence-corrected chi connectivity index (χ4v) is 1.09. The average molecular weight is 243 g/mol. The highest BCUT2D eigenvalue weighted by atomic mass is 35.5. The number of likely N-dealkylation sites (N-methyl/N-ethyl adjacent to an activating group) is 1. The molecule has 0 aromatic carbocycles. The third-order valence-electron chi connectivity index (χ3n) is 1.42. The van der Waals surface area contributed by atoms with E-state index < -0.39 is 31.3 Å². The normalized spacial score (nSPS) is 16.3. The maximum atomic E-state index is 11.1. The first-order valence-corrected chi connectivity index (χ1v) is 4.13. The van der Waals surface area contributed by atoms with Crippen LogP contribution in [0, 0.1) is 0 Å². The molecule has 0 fully saturated rings. The number of aliphatic carboxylic acids is 1. The molecule has 0 saturated carbocycles. The van der Waals surface area contributed by atoms with Crippen molar-refractivity contribution in [2.75, 3.05) is 27.7 Å². The van der Waals surface area contributed by atoms with Crippen LogP contribution in [-0.2, 0) is 14.3 Å². The Labute approximate surface area is 100 Å². The Hall–Kier alpha value is -0.810. The first kappa shape index (κ1) is 10.7. The van der Waals surface area contributed by atoms with Crippen molar-refractivity contribution in [2.45, 2.75) is 19.4 Å². The Kier molecular flexibility index (Phi) is 4.73. The molecule has 0 bridgehead atoms. The lowest BCUT2D eigenvalue weighted by molar-refractivity contribution is -0.873.